The molecule has 7 heteroatoms. The number of rotatable bonds is 6. The molecular formula is C25H23ClN2O4. The minimum atomic E-state index is -0.291. The number of nitrogens with zero attached hydrogens (tertiary/aromatic N) is 2. The molecule has 0 radical (unpaired) electrons. The first-order valence-electron chi connectivity index (χ1n) is 10.1. The van der Waals surface area contributed by atoms with E-state index in [1.165, 1.54) is 0 Å². The third-order valence-electron chi connectivity index (χ3n) is 5.37. The second-order valence-electron chi connectivity index (χ2n) is 7.42. The number of aromatic nitrogens is 1. The van der Waals surface area contributed by atoms with E-state index in [9.17, 15) is 4.79 Å². The Morgan fingerprint density at radius 1 is 1.06 bits per heavy atom. The van der Waals surface area contributed by atoms with Gasteiger partial charge < -0.3 is 13.9 Å². The van der Waals surface area contributed by atoms with Crippen LogP contribution in [-0.4, -0.2) is 25.1 Å². The van der Waals surface area contributed by atoms with Crippen LogP contribution in [0.1, 0.15) is 27.2 Å². The molecule has 4 rings (SSSR count). The van der Waals surface area contributed by atoms with Gasteiger partial charge in [-0.2, -0.15) is 0 Å². The number of hydrogen-bond acceptors (Lipinski definition) is 5. The Morgan fingerprint density at radius 3 is 2.53 bits per heavy atom. The summed E-state index contributed by atoms with van der Waals surface area (Å²) in [7, 11) is 3.16. The van der Waals surface area contributed by atoms with Crippen LogP contribution in [0.5, 0.6) is 11.5 Å². The van der Waals surface area contributed by atoms with E-state index in [1.54, 1.807) is 37.4 Å². The molecule has 0 aliphatic heterocycles. The number of furan rings is 1. The van der Waals surface area contributed by atoms with Crippen LogP contribution in [0.4, 0.5) is 5.82 Å². The van der Waals surface area contributed by atoms with Gasteiger partial charge in [0.05, 0.1) is 20.8 Å². The van der Waals surface area contributed by atoms with Crippen LogP contribution in [0.3, 0.4) is 0 Å². The second kappa shape index (κ2) is 8.93. The maximum atomic E-state index is 13.7. The van der Waals surface area contributed by atoms with E-state index in [0.29, 0.717) is 27.9 Å². The Labute approximate surface area is 191 Å². The Morgan fingerprint density at radius 2 is 1.84 bits per heavy atom. The Kier molecular flexibility index (Phi) is 6.06. The molecular weight excluding hydrogens is 428 g/mol. The number of carbonyl (C=O) groups excluding carboxylic acids is 1. The molecule has 0 saturated heterocycles. The first-order chi connectivity index (χ1) is 15.4. The molecule has 0 N–H and O–H groups in total. The van der Waals surface area contributed by atoms with Gasteiger partial charge in [0, 0.05) is 22.2 Å². The topological polar surface area (TPSA) is 64.8 Å². The third-order valence-corrected chi connectivity index (χ3v) is 5.78. The number of anilines is 1. The molecule has 0 aliphatic carbocycles. The van der Waals surface area contributed by atoms with Crippen LogP contribution >= 0.6 is 11.6 Å². The van der Waals surface area contributed by atoms with Gasteiger partial charge in [0.2, 0.25) is 0 Å². The standard InChI is InChI=1S/C25H23ClN2O4/c1-15-11-21-18(13-19(15)26)16(2)24(32-21)25(29)28(23-7-5-6-10-27-23)14-17-8-9-20(30-3)22(12-17)31-4/h5-13H,14H2,1-4H3. The zero-order valence-corrected chi connectivity index (χ0v) is 19.1. The average molecular weight is 451 g/mol. The van der Waals surface area contributed by atoms with Crippen LogP contribution < -0.4 is 14.4 Å². The Bertz CT molecular complexity index is 1280. The van der Waals surface area contributed by atoms with Gasteiger partial charge in [0.25, 0.3) is 5.91 Å². The fourth-order valence-electron chi connectivity index (χ4n) is 3.60. The van der Waals surface area contributed by atoms with Gasteiger partial charge in [0.15, 0.2) is 17.3 Å². The van der Waals surface area contributed by atoms with Crippen LogP contribution in [0, 0.1) is 13.8 Å². The number of fused-ring (bicyclic) bond motifs is 1. The van der Waals surface area contributed by atoms with Crippen molar-refractivity contribution in [2.24, 2.45) is 0 Å². The molecule has 2 aromatic heterocycles. The van der Waals surface area contributed by atoms with Crippen molar-refractivity contribution < 1.29 is 18.7 Å². The first-order valence-corrected chi connectivity index (χ1v) is 10.4. The molecule has 0 fully saturated rings. The van der Waals surface area contributed by atoms with Crippen LogP contribution in [0.2, 0.25) is 5.02 Å². The quantitative estimate of drug-likeness (QED) is 0.362. The first kappa shape index (κ1) is 21.7. The van der Waals surface area contributed by atoms with Crippen molar-refractivity contribution in [3.05, 3.63) is 82.2 Å². The SMILES string of the molecule is COc1ccc(CN(C(=O)c2oc3cc(C)c(Cl)cc3c2C)c2ccccn2)cc1OC. The highest BCUT2D eigenvalue weighted by atomic mass is 35.5. The molecule has 0 saturated carbocycles. The molecule has 0 unspecified atom stereocenters. The summed E-state index contributed by atoms with van der Waals surface area (Å²) in [6.45, 7) is 4.03. The van der Waals surface area contributed by atoms with Crippen LogP contribution in [-0.2, 0) is 6.54 Å². The lowest BCUT2D eigenvalue weighted by Crippen LogP contribution is -2.31. The summed E-state index contributed by atoms with van der Waals surface area (Å²) >= 11 is 6.30. The van der Waals surface area contributed by atoms with E-state index in [4.69, 9.17) is 25.5 Å². The average Bonchev–Trinajstić information content (AvgIpc) is 3.13. The van der Waals surface area contributed by atoms with Crippen molar-refractivity contribution in [2.75, 3.05) is 19.1 Å². The smallest absolute Gasteiger partial charge is 0.295 e. The summed E-state index contributed by atoms with van der Waals surface area (Å²) in [5.74, 6) is 1.69. The predicted octanol–water partition coefficient (Wildman–Crippen LogP) is 5.96. The van der Waals surface area contributed by atoms with E-state index >= 15 is 0 Å². The second-order valence-corrected chi connectivity index (χ2v) is 7.83. The van der Waals surface area contributed by atoms with Crippen molar-refractivity contribution in [1.29, 1.82) is 0 Å². The molecule has 0 bridgehead atoms. The van der Waals surface area contributed by atoms with Crippen LogP contribution in [0.15, 0.2) is 59.1 Å². The minimum absolute atomic E-state index is 0.257. The van der Waals surface area contributed by atoms with Crippen LogP contribution in [0.25, 0.3) is 11.0 Å². The fourth-order valence-corrected chi connectivity index (χ4v) is 3.76. The van der Waals surface area contributed by atoms with Gasteiger partial charge in [0.1, 0.15) is 11.4 Å². The molecule has 0 aliphatic rings. The molecule has 4 aromatic rings. The highest BCUT2D eigenvalue weighted by Gasteiger charge is 2.26. The zero-order chi connectivity index (χ0) is 22.8. The van der Waals surface area contributed by atoms with Crippen molar-refractivity contribution in [3.63, 3.8) is 0 Å². The van der Waals surface area contributed by atoms with Gasteiger partial charge in [-0.15, -0.1) is 0 Å². The number of methoxy groups -OCH3 is 2. The molecule has 0 atom stereocenters. The maximum absolute atomic E-state index is 13.7. The van der Waals surface area contributed by atoms with E-state index in [2.05, 4.69) is 4.98 Å². The van der Waals surface area contributed by atoms with E-state index in [1.807, 2.05) is 50.2 Å². The summed E-state index contributed by atoms with van der Waals surface area (Å²) in [6, 6.07) is 14.7. The normalized spacial score (nSPS) is 10.9. The summed E-state index contributed by atoms with van der Waals surface area (Å²) in [4.78, 5) is 19.7. The number of hydrogen-bond donors (Lipinski definition) is 0. The summed E-state index contributed by atoms with van der Waals surface area (Å²) in [5.41, 5.74) is 3.10. The number of ether oxygens (including phenoxy) is 2. The summed E-state index contributed by atoms with van der Waals surface area (Å²) in [6.07, 6.45) is 1.65. The lowest BCUT2D eigenvalue weighted by molar-refractivity contribution is 0.0959. The Hall–Kier alpha value is -3.51. The number of pyridine rings is 1. The maximum Gasteiger partial charge on any atom is 0.295 e. The number of carbonyl (C=O) groups is 1. The van der Waals surface area contributed by atoms with E-state index < -0.39 is 0 Å². The number of benzene rings is 2. The molecule has 2 heterocycles. The van der Waals surface area contributed by atoms with Crippen molar-refractivity contribution in [2.45, 2.75) is 20.4 Å². The lowest BCUT2D eigenvalue weighted by Gasteiger charge is -2.21. The van der Waals surface area contributed by atoms with Gasteiger partial charge in [-0.3, -0.25) is 9.69 Å². The fraction of sp³-hybridized carbons (Fsp3) is 0.200. The molecule has 164 valence electrons. The summed E-state index contributed by atoms with van der Waals surface area (Å²) in [5, 5.41) is 1.45. The molecule has 1 amide bonds. The van der Waals surface area contributed by atoms with Gasteiger partial charge in [-0.05, 0) is 61.4 Å². The van der Waals surface area contributed by atoms with Gasteiger partial charge >= 0.3 is 0 Å². The third kappa shape index (κ3) is 4.01. The molecule has 32 heavy (non-hydrogen) atoms. The molecule has 2 aromatic carbocycles. The van der Waals surface area contributed by atoms with Crippen molar-refractivity contribution in [1.82, 2.24) is 4.98 Å². The zero-order valence-electron chi connectivity index (χ0n) is 18.3. The van der Waals surface area contributed by atoms with Crippen molar-refractivity contribution >= 4 is 34.3 Å². The number of amides is 1. The highest BCUT2D eigenvalue weighted by molar-refractivity contribution is 6.32. The summed E-state index contributed by atoms with van der Waals surface area (Å²) < 4.78 is 16.7. The van der Waals surface area contributed by atoms with Gasteiger partial charge in [-0.25, -0.2) is 4.98 Å². The molecule has 6 nitrogen and oxygen atoms in total. The number of aryl methyl sites for hydroxylation is 2. The number of halogens is 1. The monoisotopic (exact) mass is 450 g/mol. The highest BCUT2D eigenvalue weighted by Crippen LogP contribution is 2.33. The predicted molar refractivity (Wildman–Crippen MR) is 125 cm³/mol. The Balaban J connectivity index is 1.77. The van der Waals surface area contributed by atoms with Crippen molar-refractivity contribution in [3.8, 4) is 11.5 Å². The van der Waals surface area contributed by atoms with Gasteiger partial charge in [-0.1, -0.05) is 23.7 Å². The van der Waals surface area contributed by atoms with E-state index in [-0.39, 0.29) is 18.2 Å². The lowest BCUT2D eigenvalue weighted by atomic mass is 10.1. The molecule has 0 spiro atoms. The van der Waals surface area contributed by atoms with E-state index in [0.717, 1.165) is 22.1 Å². The minimum Gasteiger partial charge on any atom is -0.493 e. The largest absolute Gasteiger partial charge is 0.493 e.